The third-order valence-corrected chi connectivity index (χ3v) is 4.62. The molecule has 2 rings (SSSR count). The molecule has 1 nitrogen and oxygen atoms in total. The van der Waals surface area contributed by atoms with Crippen LogP contribution in [0.5, 0.6) is 5.75 Å². The molecule has 2 aromatic carbocycles. The van der Waals surface area contributed by atoms with Gasteiger partial charge in [0, 0.05) is 0 Å². The smallest absolute Gasteiger partial charge is 0.133 e. The van der Waals surface area contributed by atoms with Gasteiger partial charge in [0.2, 0.25) is 0 Å². The van der Waals surface area contributed by atoms with Gasteiger partial charge in [-0.3, -0.25) is 0 Å². The molecule has 100 valence electrons. The van der Waals surface area contributed by atoms with Gasteiger partial charge in [0.15, 0.2) is 0 Å². The first kappa shape index (κ1) is 14.5. The summed E-state index contributed by atoms with van der Waals surface area (Å²) in [6.45, 7) is 1.97. The molecule has 0 aliphatic carbocycles. The number of ether oxygens (including phenoxy) is 1. The van der Waals surface area contributed by atoms with Crippen LogP contribution in [-0.4, -0.2) is 7.11 Å². The van der Waals surface area contributed by atoms with Crippen LogP contribution in [0.15, 0.2) is 40.9 Å². The lowest BCUT2D eigenvalue weighted by molar-refractivity contribution is 0.412. The fourth-order valence-corrected chi connectivity index (χ4v) is 3.24. The Morgan fingerprint density at radius 2 is 1.89 bits per heavy atom. The van der Waals surface area contributed by atoms with E-state index in [-0.39, 0.29) is 10.6 Å². The van der Waals surface area contributed by atoms with Crippen molar-refractivity contribution < 1.29 is 9.13 Å². The highest BCUT2D eigenvalue weighted by atomic mass is 79.9. The van der Waals surface area contributed by atoms with Crippen molar-refractivity contribution in [2.75, 3.05) is 7.11 Å². The van der Waals surface area contributed by atoms with Crippen LogP contribution in [0.1, 0.15) is 21.5 Å². The maximum atomic E-state index is 13.4. The molecular weight excluding hydrogens is 375 g/mol. The lowest BCUT2D eigenvalue weighted by Gasteiger charge is -2.15. The highest BCUT2D eigenvalue weighted by Gasteiger charge is 2.15. The lowest BCUT2D eigenvalue weighted by Crippen LogP contribution is -1.97. The van der Waals surface area contributed by atoms with Gasteiger partial charge in [-0.1, -0.05) is 28.1 Å². The van der Waals surface area contributed by atoms with Crippen molar-refractivity contribution >= 4 is 31.9 Å². The highest BCUT2D eigenvalue weighted by Crippen LogP contribution is 2.36. The van der Waals surface area contributed by atoms with Crippen LogP contribution in [0.25, 0.3) is 0 Å². The van der Waals surface area contributed by atoms with Gasteiger partial charge in [0.05, 0.1) is 16.4 Å². The van der Waals surface area contributed by atoms with E-state index in [0.29, 0.717) is 0 Å². The summed E-state index contributed by atoms with van der Waals surface area (Å²) < 4.78 is 19.5. The Bertz CT molecular complexity index is 599. The molecule has 0 spiro atoms. The minimum atomic E-state index is -0.224. The summed E-state index contributed by atoms with van der Waals surface area (Å²) in [7, 11) is 1.63. The number of methoxy groups -OCH3 is 1. The topological polar surface area (TPSA) is 9.23 Å². The van der Waals surface area contributed by atoms with E-state index in [4.69, 9.17) is 4.74 Å². The number of hydrogen-bond acceptors (Lipinski definition) is 1. The molecule has 0 saturated heterocycles. The Balaban J connectivity index is 2.41. The largest absolute Gasteiger partial charge is 0.496 e. The summed E-state index contributed by atoms with van der Waals surface area (Å²) >= 11 is 7.09. The normalized spacial score (nSPS) is 12.3. The second-order valence-electron chi connectivity index (χ2n) is 4.26. The van der Waals surface area contributed by atoms with Crippen LogP contribution >= 0.6 is 31.9 Å². The van der Waals surface area contributed by atoms with Crippen molar-refractivity contribution in [1.82, 2.24) is 0 Å². The summed E-state index contributed by atoms with van der Waals surface area (Å²) in [6, 6.07) is 10.7. The summed E-state index contributed by atoms with van der Waals surface area (Å²) in [5.41, 5.74) is 3.02. The molecule has 1 unspecified atom stereocenters. The van der Waals surface area contributed by atoms with E-state index in [1.807, 2.05) is 25.1 Å². The maximum Gasteiger partial charge on any atom is 0.133 e. The molecule has 4 heteroatoms. The van der Waals surface area contributed by atoms with E-state index in [1.165, 1.54) is 6.07 Å². The van der Waals surface area contributed by atoms with Crippen LogP contribution in [0.3, 0.4) is 0 Å². The first-order valence-corrected chi connectivity index (χ1v) is 7.47. The average molecular weight is 388 g/mol. The molecule has 0 bridgehead atoms. The monoisotopic (exact) mass is 386 g/mol. The van der Waals surface area contributed by atoms with Crippen LogP contribution in [0, 0.1) is 12.7 Å². The predicted molar refractivity (Wildman–Crippen MR) is 82.6 cm³/mol. The van der Waals surface area contributed by atoms with Crippen molar-refractivity contribution in [3.63, 3.8) is 0 Å². The average Bonchev–Trinajstić information content (AvgIpc) is 2.40. The van der Waals surface area contributed by atoms with Crippen molar-refractivity contribution in [1.29, 1.82) is 0 Å². The molecule has 0 radical (unpaired) electrons. The fraction of sp³-hybridized carbons (Fsp3) is 0.200. The van der Waals surface area contributed by atoms with Gasteiger partial charge in [-0.15, -0.1) is 0 Å². The molecule has 2 aromatic rings. The molecule has 0 heterocycles. The van der Waals surface area contributed by atoms with Crippen molar-refractivity contribution in [3.05, 3.63) is 63.4 Å². The van der Waals surface area contributed by atoms with E-state index in [9.17, 15) is 4.39 Å². The Hall–Kier alpha value is -0.870. The van der Waals surface area contributed by atoms with Crippen LogP contribution in [-0.2, 0) is 0 Å². The number of rotatable bonds is 3. The van der Waals surface area contributed by atoms with E-state index >= 15 is 0 Å². The van der Waals surface area contributed by atoms with Crippen molar-refractivity contribution in [2.45, 2.75) is 11.8 Å². The van der Waals surface area contributed by atoms with E-state index in [2.05, 4.69) is 31.9 Å². The lowest BCUT2D eigenvalue weighted by atomic mass is 10.0. The minimum absolute atomic E-state index is 0.0505. The standard InChI is InChI=1S/C15H13Br2FO/c1-9-3-5-11(18)8-12(9)15(17)10-4-6-14(19-2)13(16)7-10/h3-8,15H,1-2H3. The molecule has 0 N–H and O–H groups in total. The maximum absolute atomic E-state index is 13.4. The summed E-state index contributed by atoms with van der Waals surface area (Å²) in [4.78, 5) is -0.0505. The van der Waals surface area contributed by atoms with Gasteiger partial charge in [-0.2, -0.15) is 0 Å². The van der Waals surface area contributed by atoms with Gasteiger partial charge in [-0.25, -0.2) is 4.39 Å². The zero-order chi connectivity index (χ0) is 14.0. The Morgan fingerprint density at radius 1 is 1.16 bits per heavy atom. The zero-order valence-electron chi connectivity index (χ0n) is 10.6. The van der Waals surface area contributed by atoms with E-state index in [1.54, 1.807) is 19.2 Å². The highest BCUT2D eigenvalue weighted by molar-refractivity contribution is 9.10. The summed E-state index contributed by atoms with van der Waals surface area (Å²) in [5, 5.41) is 0. The second-order valence-corrected chi connectivity index (χ2v) is 6.03. The van der Waals surface area contributed by atoms with Crippen LogP contribution in [0.2, 0.25) is 0 Å². The second kappa shape index (κ2) is 6.06. The quantitative estimate of drug-likeness (QED) is 0.641. The summed E-state index contributed by atoms with van der Waals surface area (Å²) in [5.74, 6) is 0.553. The first-order valence-electron chi connectivity index (χ1n) is 5.76. The number of aryl methyl sites for hydroxylation is 1. The molecule has 0 aliphatic rings. The predicted octanol–water partition coefficient (Wildman–Crippen LogP) is 5.39. The number of halogens is 3. The minimum Gasteiger partial charge on any atom is -0.496 e. The molecule has 0 saturated carbocycles. The fourth-order valence-electron chi connectivity index (χ4n) is 1.90. The van der Waals surface area contributed by atoms with Crippen LogP contribution < -0.4 is 4.74 Å². The molecule has 0 aromatic heterocycles. The van der Waals surface area contributed by atoms with Gasteiger partial charge >= 0.3 is 0 Å². The number of benzene rings is 2. The van der Waals surface area contributed by atoms with Crippen molar-refractivity contribution in [2.24, 2.45) is 0 Å². The molecular formula is C15H13Br2FO. The Morgan fingerprint density at radius 3 is 2.53 bits per heavy atom. The Kier molecular flexibility index (Phi) is 4.63. The molecule has 0 fully saturated rings. The van der Waals surface area contributed by atoms with Gasteiger partial charge < -0.3 is 4.74 Å². The van der Waals surface area contributed by atoms with Gasteiger partial charge in [0.25, 0.3) is 0 Å². The van der Waals surface area contributed by atoms with Gasteiger partial charge in [-0.05, 0) is 63.8 Å². The Labute approximate surface area is 129 Å². The van der Waals surface area contributed by atoms with E-state index < -0.39 is 0 Å². The number of alkyl halides is 1. The third-order valence-electron chi connectivity index (χ3n) is 2.98. The number of hydrogen-bond donors (Lipinski definition) is 0. The van der Waals surface area contributed by atoms with E-state index in [0.717, 1.165) is 26.9 Å². The SMILES string of the molecule is COc1ccc(C(Br)c2cc(F)ccc2C)cc1Br. The first-order chi connectivity index (χ1) is 9.02. The van der Waals surface area contributed by atoms with Gasteiger partial charge in [0.1, 0.15) is 11.6 Å². The molecule has 0 aliphatic heterocycles. The van der Waals surface area contributed by atoms with Crippen LogP contribution in [0.4, 0.5) is 4.39 Å². The molecule has 1 atom stereocenters. The zero-order valence-corrected chi connectivity index (χ0v) is 13.8. The third kappa shape index (κ3) is 3.18. The van der Waals surface area contributed by atoms with Crippen molar-refractivity contribution in [3.8, 4) is 5.75 Å². The molecule has 19 heavy (non-hydrogen) atoms. The summed E-state index contributed by atoms with van der Waals surface area (Å²) in [6.07, 6.45) is 0. The molecule has 0 amide bonds.